The van der Waals surface area contributed by atoms with Crippen molar-refractivity contribution in [2.24, 2.45) is 17.8 Å². The van der Waals surface area contributed by atoms with Gasteiger partial charge in [0.05, 0.1) is 0 Å². The molecule has 3 unspecified atom stereocenters. The Kier molecular flexibility index (Phi) is 5.95. The molecule has 1 rings (SSSR count). The van der Waals surface area contributed by atoms with Crippen LogP contribution in [0.1, 0.15) is 40.0 Å². The third kappa shape index (κ3) is 4.18. The van der Waals surface area contributed by atoms with Crippen LogP contribution in [-0.2, 0) is 14.3 Å². The molecule has 0 saturated heterocycles. The Morgan fingerprint density at radius 3 is 2.25 bits per heavy atom. The molecule has 1 saturated carbocycles. The Morgan fingerprint density at radius 1 is 1.15 bits per heavy atom. The van der Waals surface area contributed by atoms with Crippen molar-refractivity contribution in [2.75, 3.05) is 0 Å². The molecule has 0 aliphatic heterocycles. The van der Waals surface area contributed by atoms with Gasteiger partial charge in [-0.15, -0.1) is 0 Å². The molecule has 0 amide bonds. The van der Waals surface area contributed by atoms with Crippen molar-refractivity contribution in [2.45, 2.75) is 58.3 Å². The van der Waals surface area contributed by atoms with Crippen LogP contribution < -0.4 is 0 Å². The van der Waals surface area contributed by atoms with Gasteiger partial charge in [-0.25, -0.2) is 9.59 Å². The van der Waals surface area contributed by atoms with Crippen LogP contribution in [0.5, 0.6) is 0 Å². The highest BCUT2D eigenvalue weighted by Gasteiger charge is 2.37. The SMILES string of the molecule is CC1CCC(C(C)C)C(OC(=O)[C@H](O)[C@@H](O)C(=O)O)C1. The maximum Gasteiger partial charge on any atom is 0.338 e. The molecule has 0 aromatic carbocycles. The zero-order valence-corrected chi connectivity index (χ0v) is 12.2. The molecule has 0 bridgehead atoms. The molecular weight excluding hydrogens is 264 g/mol. The number of carboxylic acids is 1. The zero-order valence-electron chi connectivity index (χ0n) is 12.2. The first-order chi connectivity index (χ1) is 9.23. The number of carboxylic acid groups (broad SMARTS) is 1. The van der Waals surface area contributed by atoms with Crippen LogP contribution in [0, 0.1) is 17.8 Å². The number of carbonyl (C=O) groups is 2. The van der Waals surface area contributed by atoms with Gasteiger partial charge in [-0.1, -0.05) is 27.2 Å². The summed E-state index contributed by atoms with van der Waals surface area (Å²) < 4.78 is 5.26. The number of aliphatic hydroxyl groups is 2. The number of ether oxygens (including phenoxy) is 1. The first kappa shape index (κ1) is 16.9. The van der Waals surface area contributed by atoms with E-state index in [0.29, 0.717) is 18.3 Å². The van der Waals surface area contributed by atoms with Crippen molar-refractivity contribution >= 4 is 11.9 Å². The van der Waals surface area contributed by atoms with Crippen LogP contribution in [0.2, 0.25) is 0 Å². The lowest BCUT2D eigenvalue weighted by Gasteiger charge is -2.37. The summed E-state index contributed by atoms with van der Waals surface area (Å²) in [7, 11) is 0. The van der Waals surface area contributed by atoms with Crippen LogP contribution in [0.25, 0.3) is 0 Å². The van der Waals surface area contributed by atoms with Gasteiger partial charge in [0.2, 0.25) is 0 Å². The van der Waals surface area contributed by atoms with Crippen molar-refractivity contribution in [3.05, 3.63) is 0 Å². The van der Waals surface area contributed by atoms with Crippen LogP contribution in [-0.4, -0.2) is 45.6 Å². The molecule has 0 aromatic heterocycles. The van der Waals surface area contributed by atoms with Crippen LogP contribution in [0.4, 0.5) is 0 Å². The normalized spacial score (nSPS) is 29.8. The number of carbonyl (C=O) groups excluding carboxylic acids is 1. The summed E-state index contributed by atoms with van der Waals surface area (Å²) in [6, 6.07) is 0. The molecule has 116 valence electrons. The average Bonchev–Trinajstić information content (AvgIpc) is 2.36. The average molecular weight is 288 g/mol. The lowest BCUT2D eigenvalue weighted by atomic mass is 9.75. The second-order valence-electron chi connectivity index (χ2n) is 6.03. The van der Waals surface area contributed by atoms with E-state index < -0.39 is 24.1 Å². The molecule has 0 radical (unpaired) electrons. The summed E-state index contributed by atoms with van der Waals surface area (Å²) >= 11 is 0. The van der Waals surface area contributed by atoms with Crippen LogP contribution in [0.3, 0.4) is 0 Å². The lowest BCUT2D eigenvalue weighted by Crippen LogP contribution is -2.44. The fourth-order valence-corrected chi connectivity index (χ4v) is 2.73. The topological polar surface area (TPSA) is 104 Å². The monoisotopic (exact) mass is 288 g/mol. The Labute approximate surface area is 118 Å². The van der Waals surface area contributed by atoms with Crippen LogP contribution >= 0.6 is 0 Å². The quantitative estimate of drug-likeness (QED) is 0.646. The van der Waals surface area contributed by atoms with E-state index in [2.05, 4.69) is 6.92 Å². The summed E-state index contributed by atoms with van der Waals surface area (Å²) in [5.74, 6) is -1.76. The molecule has 1 aliphatic rings. The fourth-order valence-electron chi connectivity index (χ4n) is 2.73. The number of hydrogen-bond acceptors (Lipinski definition) is 5. The molecule has 3 N–H and O–H groups in total. The van der Waals surface area contributed by atoms with Crippen molar-refractivity contribution in [1.82, 2.24) is 0 Å². The molecule has 1 aliphatic carbocycles. The number of aliphatic carboxylic acids is 1. The standard InChI is InChI=1S/C14H24O6/c1-7(2)9-5-4-8(3)6-10(9)20-14(19)12(16)11(15)13(17)18/h7-12,15-16H,4-6H2,1-3H3,(H,17,18)/t8?,9?,10?,11-,12-/m1/s1. The van der Waals surface area contributed by atoms with Gasteiger partial charge < -0.3 is 20.1 Å². The van der Waals surface area contributed by atoms with E-state index in [1.165, 1.54) is 0 Å². The second-order valence-corrected chi connectivity index (χ2v) is 6.03. The molecule has 0 aromatic rings. The minimum absolute atomic E-state index is 0.198. The summed E-state index contributed by atoms with van der Waals surface area (Å²) in [6.45, 7) is 6.16. The van der Waals surface area contributed by atoms with E-state index in [9.17, 15) is 19.8 Å². The van der Waals surface area contributed by atoms with Crippen molar-refractivity contribution in [3.63, 3.8) is 0 Å². The van der Waals surface area contributed by atoms with Crippen molar-refractivity contribution < 1.29 is 29.6 Å². The molecule has 0 spiro atoms. The second kappa shape index (κ2) is 7.04. The van der Waals surface area contributed by atoms with E-state index in [0.717, 1.165) is 12.8 Å². The molecular formula is C14H24O6. The highest BCUT2D eigenvalue weighted by atomic mass is 16.6. The first-order valence-corrected chi connectivity index (χ1v) is 7.03. The predicted octanol–water partition coefficient (Wildman–Crippen LogP) is 0.797. The Morgan fingerprint density at radius 2 is 1.75 bits per heavy atom. The van der Waals surface area contributed by atoms with Gasteiger partial charge in [-0.3, -0.25) is 0 Å². The molecule has 20 heavy (non-hydrogen) atoms. The minimum Gasteiger partial charge on any atom is -0.479 e. The van der Waals surface area contributed by atoms with Gasteiger partial charge in [0.15, 0.2) is 12.2 Å². The van der Waals surface area contributed by atoms with Crippen molar-refractivity contribution in [3.8, 4) is 0 Å². The van der Waals surface area contributed by atoms with E-state index in [1.54, 1.807) is 0 Å². The maximum absolute atomic E-state index is 11.7. The molecule has 5 atom stereocenters. The van der Waals surface area contributed by atoms with Gasteiger partial charge in [-0.2, -0.15) is 0 Å². The van der Waals surface area contributed by atoms with Gasteiger partial charge >= 0.3 is 11.9 Å². The first-order valence-electron chi connectivity index (χ1n) is 7.03. The van der Waals surface area contributed by atoms with Gasteiger partial charge in [0.25, 0.3) is 0 Å². The number of hydrogen-bond donors (Lipinski definition) is 3. The Bertz CT molecular complexity index is 354. The summed E-state index contributed by atoms with van der Waals surface area (Å²) in [4.78, 5) is 22.3. The highest BCUT2D eigenvalue weighted by molar-refractivity contribution is 5.84. The molecule has 0 heterocycles. The minimum atomic E-state index is -2.15. The Hall–Kier alpha value is -1.14. The third-order valence-electron chi connectivity index (χ3n) is 4.02. The molecule has 6 nitrogen and oxygen atoms in total. The van der Waals surface area contributed by atoms with E-state index in [-0.39, 0.29) is 12.0 Å². The zero-order chi connectivity index (χ0) is 15.4. The number of aliphatic hydroxyl groups excluding tert-OH is 2. The number of rotatable bonds is 5. The van der Waals surface area contributed by atoms with Crippen molar-refractivity contribution in [1.29, 1.82) is 0 Å². The van der Waals surface area contributed by atoms with Gasteiger partial charge in [0, 0.05) is 0 Å². The summed E-state index contributed by atoms with van der Waals surface area (Å²) in [5.41, 5.74) is 0. The summed E-state index contributed by atoms with van der Waals surface area (Å²) in [6.07, 6.45) is -1.82. The van der Waals surface area contributed by atoms with Gasteiger partial charge in [0.1, 0.15) is 6.10 Å². The van der Waals surface area contributed by atoms with Gasteiger partial charge in [-0.05, 0) is 30.6 Å². The van der Waals surface area contributed by atoms with E-state index in [4.69, 9.17) is 9.84 Å². The lowest BCUT2D eigenvalue weighted by molar-refractivity contribution is -0.178. The summed E-state index contributed by atoms with van der Waals surface area (Å²) in [5, 5.41) is 27.2. The maximum atomic E-state index is 11.7. The highest BCUT2D eigenvalue weighted by Crippen LogP contribution is 2.35. The smallest absolute Gasteiger partial charge is 0.338 e. The van der Waals surface area contributed by atoms with E-state index >= 15 is 0 Å². The predicted molar refractivity (Wildman–Crippen MR) is 70.9 cm³/mol. The Balaban J connectivity index is 2.68. The molecule has 6 heteroatoms. The van der Waals surface area contributed by atoms with E-state index in [1.807, 2.05) is 13.8 Å². The number of esters is 1. The van der Waals surface area contributed by atoms with Crippen LogP contribution in [0.15, 0.2) is 0 Å². The largest absolute Gasteiger partial charge is 0.479 e. The third-order valence-corrected chi connectivity index (χ3v) is 4.02. The molecule has 1 fully saturated rings. The fraction of sp³-hybridized carbons (Fsp3) is 0.857.